The second kappa shape index (κ2) is 4.77. The summed E-state index contributed by atoms with van der Waals surface area (Å²) in [4.78, 5) is 2.50. The zero-order valence-electron chi connectivity index (χ0n) is 10.4. The maximum atomic E-state index is 3.48. The number of benzene rings is 2. The van der Waals surface area contributed by atoms with Gasteiger partial charge in [-0.1, -0.05) is 46.3 Å². The standard InChI is InChI=1S/C16H16BrN/c1-12-10-14-4-2-3-5-16(14)18(12)11-13-6-8-15(17)9-7-13/h2-9,12H,10-11H2,1H3. The number of para-hydroxylation sites is 1. The number of fused-ring (bicyclic) bond motifs is 1. The van der Waals surface area contributed by atoms with Gasteiger partial charge in [0.1, 0.15) is 0 Å². The minimum Gasteiger partial charge on any atom is -0.364 e. The van der Waals surface area contributed by atoms with Crippen molar-refractivity contribution in [2.75, 3.05) is 4.90 Å². The fourth-order valence-electron chi connectivity index (χ4n) is 2.66. The lowest BCUT2D eigenvalue weighted by atomic mass is 10.1. The first-order valence-corrected chi connectivity index (χ1v) is 7.12. The highest BCUT2D eigenvalue weighted by molar-refractivity contribution is 9.10. The molecule has 3 rings (SSSR count). The third-order valence-electron chi connectivity index (χ3n) is 3.61. The number of rotatable bonds is 2. The van der Waals surface area contributed by atoms with Crippen LogP contribution in [0.3, 0.4) is 0 Å². The van der Waals surface area contributed by atoms with E-state index in [9.17, 15) is 0 Å². The zero-order valence-corrected chi connectivity index (χ0v) is 12.0. The van der Waals surface area contributed by atoms with Crippen molar-refractivity contribution < 1.29 is 0 Å². The molecule has 0 fully saturated rings. The van der Waals surface area contributed by atoms with Crippen LogP contribution in [0.15, 0.2) is 53.0 Å². The Morgan fingerprint density at radius 2 is 1.83 bits per heavy atom. The van der Waals surface area contributed by atoms with E-state index >= 15 is 0 Å². The van der Waals surface area contributed by atoms with Gasteiger partial charge in [0.2, 0.25) is 0 Å². The maximum absolute atomic E-state index is 3.48. The first-order chi connectivity index (χ1) is 8.74. The van der Waals surface area contributed by atoms with Crippen LogP contribution < -0.4 is 4.90 Å². The van der Waals surface area contributed by atoms with Crippen LogP contribution in [0.25, 0.3) is 0 Å². The molecule has 2 aromatic rings. The molecule has 1 aliphatic rings. The summed E-state index contributed by atoms with van der Waals surface area (Å²) in [7, 11) is 0. The molecule has 1 atom stereocenters. The van der Waals surface area contributed by atoms with E-state index < -0.39 is 0 Å². The van der Waals surface area contributed by atoms with Crippen molar-refractivity contribution in [3.63, 3.8) is 0 Å². The Kier molecular flexibility index (Phi) is 3.13. The van der Waals surface area contributed by atoms with Gasteiger partial charge in [-0.25, -0.2) is 0 Å². The van der Waals surface area contributed by atoms with Gasteiger partial charge in [0.05, 0.1) is 0 Å². The van der Waals surface area contributed by atoms with Gasteiger partial charge in [-0.3, -0.25) is 0 Å². The van der Waals surface area contributed by atoms with Gasteiger partial charge in [-0.2, -0.15) is 0 Å². The third kappa shape index (κ3) is 2.17. The van der Waals surface area contributed by atoms with Crippen LogP contribution in [0.4, 0.5) is 5.69 Å². The molecule has 92 valence electrons. The zero-order chi connectivity index (χ0) is 12.5. The number of nitrogens with zero attached hydrogens (tertiary/aromatic N) is 1. The molecule has 0 spiro atoms. The normalized spacial score (nSPS) is 17.9. The minimum absolute atomic E-state index is 0.589. The van der Waals surface area contributed by atoms with E-state index in [1.165, 1.54) is 16.8 Å². The SMILES string of the molecule is CC1Cc2ccccc2N1Cc1ccc(Br)cc1. The van der Waals surface area contributed by atoms with Crippen LogP contribution in [-0.2, 0) is 13.0 Å². The molecule has 0 radical (unpaired) electrons. The van der Waals surface area contributed by atoms with E-state index in [4.69, 9.17) is 0 Å². The van der Waals surface area contributed by atoms with Gasteiger partial charge in [0.25, 0.3) is 0 Å². The summed E-state index contributed by atoms with van der Waals surface area (Å²) < 4.78 is 1.14. The lowest BCUT2D eigenvalue weighted by Gasteiger charge is -2.25. The van der Waals surface area contributed by atoms with Crippen molar-refractivity contribution in [1.29, 1.82) is 0 Å². The number of halogens is 1. The molecule has 0 saturated carbocycles. The second-order valence-corrected chi connectivity index (χ2v) is 5.85. The summed E-state index contributed by atoms with van der Waals surface area (Å²) in [6.07, 6.45) is 1.16. The smallest absolute Gasteiger partial charge is 0.0432 e. The van der Waals surface area contributed by atoms with E-state index in [-0.39, 0.29) is 0 Å². The van der Waals surface area contributed by atoms with Crippen LogP contribution in [-0.4, -0.2) is 6.04 Å². The Hall–Kier alpha value is -1.28. The average molecular weight is 302 g/mol. The van der Waals surface area contributed by atoms with Crippen molar-refractivity contribution in [1.82, 2.24) is 0 Å². The molecular weight excluding hydrogens is 286 g/mol. The average Bonchev–Trinajstić information content (AvgIpc) is 2.69. The number of anilines is 1. The van der Waals surface area contributed by atoms with Crippen molar-refractivity contribution in [3.8, 4) is 0 Å². The molecule has 1 aliphatic heterocycles. The molecule has 0 aliphatic carbocycles. The fourth-order valence-corrected chi connectivity index (χ4v) is 2.92. The number of hydrogen-bond acceptors (Lipinski definition) is 1. The largest absolute Gasteiger partial charge is 0.364 e. The van der Waals surface area contributed by atoms with Crippen LogP contribution in [0.1, 0.15) is 18.1 Å². The van der Waals surface area contributed by atoms with Crippen molar-refractivity contribution in [3.05, 3.63) is 64.1 Å². The molecule has 18 heavy (non-hydrogen) atoms. The van der Waals surface area contributed by atoms with Gasteiger partial charge in [0, 0.05) is 22.7 Å². The molecular formula is C16H16BrN. The van der Waals surface area contributed by atoms with Gasteiger partial charge in [-0.15, -0.1) is 0 Å². The van der Waals surface area contributed by atoms with E-state index in [0.717, 1.165) is 17.4 Å². The van der Waals surface area contributed by atoms with Gasteiger partial charge >= 0.3 is 0 Å². The molecule has 2 aromatic carbocycles. The highest BCUT2D eigenvalue weighted by atomic mass is 79.9. The molecule has 0 bridgehead atoms. The first-order valence-electron chi connectivity index (χ1n) is 6.33. The monoisotopic (exact) mass is 301 g/mol. The van der Waals surface area contributed by atoms with Crippen LogP contribution in [0.5, 0.6) is 0 Å². The predicted molar refractivity (Wildman–Crippen MR) is 79.9 cm³/mol. The van der Waals surface area contributed by atoms with E-state index in [2.05, 4.69) is 76.3 Å². The van der Waals surface area contributed by atoms with Crippen molar-refractivity contribution in [2.45, 2.75) is 25.9 Å². The van der Waals surface area contributed by atoms with Crippen LogP contribution >= 0.6 is 15.9 Å². The Balaban J connectivity index is 1.87. The second-order valence-electron chi connectivity index (χ2n) is 4.94. The van der Waals surface area contributed by atoms with Crippen LogP contribution in [0.2, 0.25) is 0 Å². The fraction of sp³-hybridized carbons (Fsp3) is 0.250. The third-order valence-corrected chi connectivity index (χ3v) is 4.14. The summed E-state index contributed by atoms with van der Waals surface area (Å²) >= 11 is 3.48. The van der Waals surface area contributed by atoms with Gasteiger partial charge in [-0.05, 0) is 42.7 Å². The maximum Gasteiger partial charge on any atom is 0.0432 e. The molecule has 2 heteroatoms. The molecule has 0 aromatic heterocycles. The van der Waals surface area contributed by atoms with E-state index in [1.54, 1.807) is 0 Å². The summed E-state index contributed by atoms with van der Waals surface area (Å²) in [5, 5.41) is 0. The molecule has 1 unspecified atom stereocenters. The predicted octanol–water partition coefficient (Wildman–Crippen LogP) is 4.40. The lowest BCUT2D eigenvalue weighted by molar-refractivity contribution is 0.672. The summed E-state index contributed by atoms with van der Waals surface area (Å²) in [5.74, 6) is 0. The Labute approximate surface area is 117 Å². The first kappa shape index (κ1) is 11.8. The van der Waals surface area contributed by atoms with Crippen LogP contribution in [0, 0.1) is 0 Å². The van der Waals surface area contributed by atoms with Crippen molar-refractivity contribution >= 4 is 21.6 Å². The molecule has 0 amide bonds. The Morgan fingerprint density at radius 1 is 1.11 bits per heavy atom. The topological polar surface area (TPSA) is 3.24 Å². The molecule has 1 nitrogen and oxygen atoms in total. The highest BCUT2D eigenvalue weighted by Gasteiger charge is 2.25. The Morgan fingerprint density at radius 3 is 2.61 bits per heavy atom. The lowest BCUT2D eigenvalue weighted by Crippen LogP contribution is -2.28. The minimum atomic E-state index is 0.589. The van der Waals surface area contributed by atoms with E-state index in [1.807, 2.05) is 0 Å². The summed E-state index contributed by atoms with van der Waals surface area (Å²) in [5.41, 5.74) is 4.23. The summed E-state index contributed by atoms with van der Waals surface area (Å²) in [6, 6.07) is 17.9. The van der Waals surface area contributed by atoms with Gasteiger partial charge in [0.15, 0.2) is 0 Å². The molecule has 0 N–H and O–H groups in total. The highest BCUT2D eigenvalue weighted by Crippen LogP contribution is 2.33. The quantitative estimate of drug-likeness (QED) is 0.794. The van der Waals surface area contributed by atoms with Gasteiger partial charge < -0.3 is 4.90 Å². The molecule has 0 saturated heterocycles. The van der Waals surface area contributed by atoms with Crippen molar-refractivity contribution in [2.24, 2.45) is 0 Å². The summed E-state index contributed by atoms with van der Waals surface area (Å²) in [6.45, 7) is 3.30. The number of hydrogen-bond donors (Lipinski definition) is 0. The Bertz CT molecular complexity index is 547. The van der Waals surface area contributed by atoms with E-state index in [0.29, 0.717) is 6.04 Å². The molecule has 1 heterocycles.